The fourth-order valence-electron chi connectivity index (χ4n) is 4.51. The first-order chi connectivity index (χ1) is 15.6. The first-order valence-corrected chi connectivity index (χ1v) is 12.1. The Morgan fingerprint density at radius 3 is 2.21 bits per heavy atom. The van der Waals surface area contributed by atoms with E-state index in [0.29, 0.717) is 12.5 Å². The molecule has 3 rings (SSSR count). The second-order valence-corrected chi connectivity index (χ2v) is 8.89. The van der Waals surface area contributed by atoms with Gasteiger partial charge in [0.15, 0.2) is 5.96 Å². The molecule has 0 spiro atoms. The predicted molar refractivity (Wildman–Crippen MR) is 144 cm³/mol. The van der Waals surface area contributed by atoms with E-state index in [9.17, 15) is 4.39 Å². The molecule has 2 aliphatic rings. The van der Waals surface area contributed by atoms with Gasteiger partial charge in [-0.2, -0.15) is 0 Å². The average molecular weight is 577 g/mol. The molecule has 2 saturated heterocycles. The number of hydrogen-bond donors (Lipinski definition) is 2. The van der Waals surface area contributed by atoms with Crippen LogP contribution in [0.15, 0.2) is 29.3 Å². The molecule has 2 fully saturated rings. The molecule has 0 aromatic heterocycles. The molecule has 2 unspecified atom stereocenters. The SMILES string of the molecule is CCN1CCN(CC(C)CNC(=NC)NCC(c2ccc(F)cc2)N2CCOCC2)CC1.I. The number of hydrogen-bond acceptors (Lipinski definition) is 5. The van der Waals surface area contributed by atoms with Gasteiger partial charge in [0.1, 0.15) is 5.82 Å². The second-order valence-electron chi connectivity index (χ2n) is 8.89. The Bertz CT molecular complexity index is 693. The highest BCUT2D eigenvalue weighted by atomic mass is 127. The first kappa shape index (κ1) is 28.2. The molecule has 2 aliphatic heterocycles. The fraction of sp³-hybridized carbons (Fsp3) is 0.708. The van der Waals surface area contributed by atoms with Crippen molar-refractivity contribution in [1.29, 1.82) is 0 Å². The molecule has 0 radical (unpaired) electrons. The molecular formula is C24H42FIN6O. The molecule has 2 atom stereocenters. The van der Waals surface area contributed by atoms with Crippen molar-refractivity contribution in [3.8, 4) is 0 Å². The molecule has 0 bridgehead atoms. The van der Waals surface area contributed by atoms with E-state index in [1.54, 1.807) is 0 Å². The number of likely N-dealkylation sites (N-methyl/N-ethyl adjacent to an activating group) is 1. The van der Waals surface area contributed by atoms with E-state index in [0.717, 1.165) is 70.6 Å². The van der Waals surface area contributed by atoms with Gasteiger partial charge in [0, 0.05) is 66.0 Å². The van der Waals surface area contributed by atoms with Gasteiger partial charge in [0.2, 0.25) is 0 Å². The van der Waals surface area contributed by atoms with Gasteiger partial charge in [-0.1, -0.05) is 26.0 Å². The van der Waals surface area contributed by atoms with Crippen LogP contribution in [-0.2, 0) is 4.74 Å². The van der Waals surface area contributed by atoms with Gasteiger partial charge < -0.3 is 25.2 Å². The molecule has 33 heavy (non-hydrogen) atoms. The number of ether oxygens (including phenoxy) is 1. The van der Waals surface area contributed by atoms with Crippen LogP contribution >= 0.6 is 24.0 Å². The topological polar surface area (TPSA) is 55.4 Å². The Morgan fingerprint density at radius 2 is 1.61 bits per heavy atom. The molecular weight excluding hydrogens is 534 g/mol. The molecule has 1 aromatic carbocycles. The van der Waals surface area contributed by atoms with Crippen molar-refractivity contribution in [3.63, 3.8) is 0 Å². The lowest BCUT2D eigenvalue weighted by Gasteiger charge is -2.36. The van der Waals surface area contributed by atoms with E-state index in [1.807, 2.05) is 19.2 Å². The van der Waals surface area contributed by atoms with Crippen LogP contribution in [0.1, 0.15) is 25.5 Å². The van der Waals surface area contributed by atoms with Crippen LogP contribution in [0.2, 0.25) is 0 Å². The second kappa shape index (κ2) is 15.1. The summed E-state index contributed by atoms with van der Waals surface area (Å²) < 4.78 is 19.0. The summed E-state index contributed by atoms with van der Waals surface area (Å²) in [5, 5.41) is 6.99. The fourth-order valence-corrected chi connectivity index (χ4v) is 4.51. The lowest BCUT2D eigenvalue weighted by molar-refractivity contribution is 0.0170. The van der Waals surface area contributed by atoms with Gasteiger partial charge in [-0.25, -0.2) is 4.39 Å². The summed E-state index contributed by atoms with van der Waals surface area (Å²) in [6.45, 7) is 16.2. The van der Waals surface area contributed by atoms with Crippen molar-refractivity contribution in [3.05, 3.63) is 35.6 Å². The average Bonchev–Trinajstić information content (AvgIpc) is 2.83. The molecule has 0 amide bonds. The third kappa shape index (κ3) is 9.28. The first-order valence-electron chi connectivity index (χ1n) is 12.1. The van der Waals surface area contributed by atoms with Crippen molar-refractivity contribution in [2.24, 2.45) is 10.9 Å². The number of aliphatic imine (C=N–C) groups is 1. The standard InChI is InChI=1S/C24H41FN6O.HI/c1-4-29-9-11-30(12-10-29)19-20(2)17-27-24(26-3)28-18-23(31-13-15-32-16-14-31)21-5-7-22(25)8-6-21;/h5-8,20,23H,4,9-19H2,1-3H3,(H2,26,27,28);1H. The zero-order valence-corrected chi connectivity index (χ0v) is 22.8. The Balaban J connectivity index is 0.00000385. The maximum Gasteiger partial charge on any atom is 0.191 e. The quantitative estimate of drug-likeness (QED) is 0.268. The van der Waals surface area contributed by atoms with Gasteiger partial charge >= 0.3 is 0 Å². The van der Waals surface area contributed by atoms with E-state index >= 15 is 0 Å². The molecule has 7 nitrogen and oxygen atoms in total. The van der Waals surface area contributed by atoms with E-state index < -0.39 is 0 Å². The zero-order valence-electron chi connectivity index (χ0n) is 20.4. The molecule has 1 aromatic rings. The van der Waals surface area contributed by atoms with Gasteiger partial charge in [-0.05, 0) is 30.2 Å². The molecule has 2 N–H and O–H groups in total. The van der Waals surface area contributed by atoms with Crippen LogP contribution in [0.5, 0.6) is 0 Å². The number of guanidine groups is 1. The molecule has 188 valence electrons. The molecule has 0 aliphatic carbocycles. The number of halogens is 2. The highest BCUT2D eigenvalue weighted by molar-refractivity contribution is 14.0. The van der Waals surface area contributed by atoms with E-state index in [2.05, 4.69) is 44.2 Å². The summed E-state index contributed by atoms with van der Waals surface area (Å²) in [4.78, 5) is 11.9. The monoisotopic (exact) mass is 576 g/mol. The Kier molecular flexibility index (Phi) is 12.9. The number of rotatable bonds is 9. The maximum atomic E-state index is 13.5. The number of benzene rings is 1. The van der Waals surface area contributed by atoms with E-state index in [1.165, 1.54) is 25.2 Å². The zero-order chi connectivity index (χ0) is 22.8. The summed E-state index contributed by atoms with van der Waals surface area (Å²) in [6, 6.07) is 6.99. The number of morpholine rings is 1. The molecule has 0 saturated carbocycles. The van der Waals surface area contributed by atoms with Gasteiger partial charge in [0.05, 0.1) is 19.3 Å². The van der Waals surface area contributed by atoms with Crippen molar-refractivity contribution < 1.29 is 9.13 Å². The highest BCUT2D eigenvalue weighted by Gasteiger charge is 2.23. The lowest BCUT2D eigenvalue weighted by Crippen LogP contribution is -2.49. The maximum absolute atomic E-state index is 13.5. The third-order valence-electron chi connectivity index (χ3n) is 6.53. The Labute approximate surface area is 216 Å². The summed E-state index contributed by atoms with van der Waals surface area (Å²) in [5.41, 5.74) is 1.11. The minimum absolute atomic E-state index is 0. The van der Waals surface area contributed by atoms with Gasteiger partial charge in [-0.3, -0.25) is 9.89 Å². The minimum Gasteiger partial charge on any atom is -0.379 e. The summed E-state index contributed by atoms with van der Waals surface area (Å²) in [6.07, 6.45) is 0. The van der Waals surface area contributed by atoms with Gasteiger partial charge in [0.25, 0.3) is 0 Å². The minimum atomic E-state index is -0.204. The Hall–Kier alpha value is -1.01. The van der Waals surface area contributed by atoms with Crippen molar-refractivity contribution in [2.75, 3.05) is 85.7 Å². The number of nitrogens with one attached hydrogen (secondary N) is 2. The summed E-state index contributed by atoms with van der Waals surface area (Å²) >= 11 is 0. The summed E-state index contributed by atoms with van der Waals surface area (Å²) in [5.74, 6) is 1.15. The largest absolute Gasteiger partial charge is 0.379 e. The van der Waals surface area contributed by atoms with Crippen LogP contribution in [0, 0.1) is 11.7 Å². The predicted octanol–water partition coefficient (Wildman–Crippen LogP) is 2.26. The van der Waals surface area contributed by atoms with E-state index in [-0.39, 0.29) is 35.8 Å². The summed E-state index contributed by atoms with van der Waals surface area (Å²) in [7, 11) is 1.81. The highest BCUT2D eigenvalue weighted by Crippen LogP contribution is 2.21. The number of nitrogens with zero attached hydrogens (tertiary/aromatic N) is 4. The molecule has 9 heteroatoms. The normalized spacial score (nSPS) is 20.7. The number of piperazine rings is 1. The van der Waals surface area contributed by atoms with Crippen LogP contribution in [0.3, 0.4) is 0 Å². The third-order valence-corrected chi connectivity index (χ3v) is 6.53. The Morgan fingerprint density at radius 1 is 1.00 bits per heavy atom. The van der Waals surface area contributed by atoms with Crippen molar-refractivity contribution in [2.45, 2.75) is 19.9 Å². The van der Waals surface area contributed by atoms with Crippen LogP contribution < -0.4 is 10.6 Å². The smallest absolute Gasteiger partial charge is 0.191 e. The molecule has 2 heterocycles. The van der Waals surface area contributed by atoms with Crippen LogP contribution in [0.25, 0.3) is 0 Å². The van der Waals surface area contributed by atoms with Crippen LogP contribution in [0.4, 0.5) is 4.39 Å². The van der Waals surface area contributed by atoms with Crippen molar-refractivity contribution >= 4 is 29.9 Å². The lowest BCUT2D eigenvalue weighted by atomic mass is 10.0. The van der Waals surface area contributed by atoms with E-state index in [4.69, 9.17) is 4.74 Å². The van der Waals surface area contributed by atoms with Crippen molar-refractivity contribution in [1.82, 2.24) is 25.3 Å². The van der Waals surface area contributed by atoms with Crippen LogP contribution in [-0.4, -0.2) is 106 Å². The van der Waals surface area contributed by atoms with Gasteiger partial charge in [-0.15, -0.1) is 24.0 Å².